The summed E-state index contributed by atoms with van der Waals surface area (Å²) in [5.41, 5.74) is 2.73. The molecule has 2 N–H and O–H groups in total. The Morgan fingerprint density at radius 1 is 1.44 bits per heavy atom. The number of nitrogens with one attached hydrogen (secondary N) is 1. The van der Waals surface area contributed by atoms with Crippen LogP contribution in [0, 0.1) is 0 Å². The monoisotopic (exact) mass is 248 g/mol. The number of nitrogens with zero attached hydrogens (tertiary/aromatic N) is 1. The zero-order valence-electron chi connectivity index (χ0n) is 11.4. The molecule has 1 aromatic rings. The Morgan fingerprint density at radius 3 is 2.94 bits per heavy atom. The predicted octanol–water partition coefficient (Wildman–Crippen LogP) is 2.32. The number of fused-ring (bicyclic) bond motifs is 1. The molecular weight excluding hydrogens is 224 g/mol. The molecule has 0 saturated heterocycles. The Balaban J connectivity index is 2.14. The van der Waals surface area contributed by atoms with E-state index < -0.39 is 0 Å². The van der Waals surface area contributed by atoms with E-state index in [1.165, 1.54) is 11.3 Å². The minimum absolute atomic E-state index is 0.219. The lowest BCUT2D eigenvalue weighted by atomic mass is 9.96. The van der Waals surface area contributed by atoms with E-state index in [2.05, 4.69) is 41.4 Å². The van der Waals surface area contributed by atoms with Crippen molar-refractivity contribution in [2.45, 2.75) is 38.8 Å². The average Bonchev–Trinajstić information content (AvgIpc) is 2.38. The van der Waals surface area contributed by atoms with Gasteiger partial charge in [0.05, 0.1) is 6.10 Å². The molecule has 0 amide bonds. The Kier molecular flexibility index (Phi) is 4.61. The number of rotatable bonds is 5. The molecule has 1 aliphatic rings. The SMILES string of the molecule is CCNC1CCN(CCC(C)O)c2ccccc21. The van der Waals surface area contributed by atoms with Crippen LogP contribution < -0.4 is 10.2 Å². The van der Waals surface area contributed by atoms with Gasteiger partial charge in [-0.3, -0.25) is 0 Å². The quantitative estimate of drug-likeness (QED) is 0.839. The van der Waals surface area contributed by atoms with Crippen LogP contribution in [0.3, 0.4) is 0 Å². The van der Waals surface area contributed by atoms with Crippen LogP contribution >= 0.6 is 0 Å². The molecule has 18 heavy (non-hydrogen) atoms. The fraction of sp³-hybridized carbons (Fsp3) is 0.600. The highest BCUT2D eigenvalue weighted by Crippen LogP contribution is 2.33. The molecule has 0 radical (unpaired) electrons. The lowest BCUT2D eigenvalue weighted by Crippen LogP contribution is -2.37. The highest BCUT2D eigenvalue weighted by Gasteiger charge is 2.23. The van der Waals surface area contributed by atoms with Crippen molar-refractivity contribution in [3.05, 3.63) is 29.8 Å². The van der Waals surface area contributed by atoms with Gasteiger partial charge in [-0.15, -0.1) is 0 Å². The van der Waals surface area contributed by atoms with Gasteiger partial charge in [0.2, 0.25) is 0 Å². The molecule has 1 aliphatic heterocycles. The topological polar surface area (TPSA) is 35.5 Å². The summed E-state index contributed by atoms with van der Waals surface area (Å²) < 4.78 is 0. The van der Waals surface area contributed by atoms with Crippen LogP contribution in [0.5, 0.6) is 0 Å². The number of aliphatic hydroxyl groups excluding tert-OH is 1. The van der Waals surface area contributed by atoms with Crippen LogP contribution in [-0.4, -0.2) is 30.8 Å². The highest BCUT2D eigenvalue weighted by atomic mass is 16.3. The summed E-state index contributed by atoms with van der Waals surface area (Å²) in [6.45, 7) is 7.03. The normalized spacial score (nSPS) is 20.6. The Labute approximate surface area is 110 Å². The minimum Gasteiger partial charge on any atom is -0.393 e. The first kappa shape index (κ1) is 13.4. The Morgan fingerprint density at radius 2 is 2.22 bits per heavy atom. The molecule has 2 unspecified atom stereocenters. The van der Waals surface area contributed by atoms with E-state index in [1.807, 2.05) is 6.92 Å². The van der Waals surface area contributed by atoms with Gasteiger partial charge < -0.3 is 15.3 Å². The second kappa shape index (κ2) is 6.21. The fourth-order valence-corrected chi connectivity index (χ4v) is 2.66. The summed E-state index contributed by atoms with van der Waals surface area (Å²) in [5, 5.41) is 13.0. The molecular formula is C15H24N2O. The van der Waals surface area contributed by atoms with Gasteiger partial charge in [-0.05, 0) is 37.9 Å². The molecule has 1 heterocycles. The first-order valence-corrected chi connectivity index (χ1v) is 6.97. The molecule has 3 nitrogen and oxygen atoms in total. The van der Waals surface area contributed by atoms with Gasteiger partial charge in [0.15, 0.2) is 0 Å². The van der Waals surface area contributed by atoms with Crippen molar-refractivity contribution in [3.8, 4) is 0 Å². The van der Waals surface area contributed by atoms with Crippen LogP contribution in [0.25, 0.3) is 0 Å². The molecule has 2 rings (SSSR count). The van der Waals surface area contributed by atoms with Gasteiger partial charge in [-0.2, -0.15) is 0 Å². The maximum absolute atomic E-state index is 9.43. The molecule has 1 aromatic carbocycles. The summed E-state index contributed by atoms with van der Waals surface area (Å²) in [7, 11) is 0. The molecule has 0 fully saturated rings. The number of hydrogen-bond acceptors (Lipinski definition) is 3. The fourth-order valence-electron chi connectivity index (χ4n) is 2.66. The van der Waals surface area contributed by atoms with Gasteiger partial charge in [0.1, 0.15) is 0 Å². The van der Waals surface area contributed by atoms with Crippen LogP contribution in [0.15, 0.2) is 24.3 Å². The van der Waals surface area contributed by atoms with Crippen molar-refractivity contribution >= 4 is 5.69 Å². The maximum Gasteiger partial charge on any atom is 0.0528 e. The summed E-state index contributed by atoms with van der Waals surface area (Å²) in [6, 6.07) is 9.11. The van der Waals surface area contributed by atoms with Crippen LogP contribution in [-0.2, 0) is 0 Å². The van der Waals surface area contributed by atoms with Gasteiger partial charge in [-0.25, -0.2) is 0 Å². The molecule has 2 atom stereocenters. The standard InChI is InChI=1S/C15H24N2O/c1-3-16-14-9-11-17(10-8-12(2)18)15-7-5-4-6-13(14)15/h4-7,12,14,16,18H,3,8-11H2,1-2H3. The Bertz CT molecular complexity index is 379. The number of hydrogen-bond donors (Lipinski definition) is 2. The summed E-state index contributed by atoms with van der Waals surface area (Å²) >= 11 is 0. The second-order valence-corrected chi connectivity index (χ2v) is 5.08. The van der Waals surface area contributed by atoms with Crippen molar-refractivity contribution in [1.82, 2.24) is 5.32 Å². The number of para-hydroxylation sites is 1. The first-order valence-electron chi connectivity index (χ1n) is 6.97. The number of aliphatic hydroxyl groups is 1. The van der Waals surface area contributed by atoms with Crippen LogP contribution in [0.1, 0.15) is 38.3 Å². The zero-order chi connectivity index (χ0) is 13.0. The van der Waals surface area contributed by atoms with Crippen molar-refractivity contribution < 1.29 is 5.11 Å². The second-order valence-electron chi connectivity index (χ2n) is 5.08. The van der Waals surface area contributed by atoms with Crippen molar-refractivity contribution in [3.63, 3.8) is 0 Å². The van der Waals surface area contributed by atoms with E-state index >= 15 is 0 Å². The highest BCUT2D eigenvalue weighted by molar-refractivity contribution is 5.56. The van der Waals surface area contributed by atoms with E-state index in [0.29, 0.717) is 6.04 Å². The maximum atomic E-state index is 9.43. The van der Waals surface area contributed by atoms with E-state index in [-0.39, 0.29) is 6.10 Å². The summed E-state index contributed by atoms with van der Waals surface area (Å²) in [4.78, 5) is 2.40. The van der Waals surface area contributed by atoms with Gasteiger partial charge in [0.25, 0.3) is 0 Å². The largest absolute Gasteiger partial charge is 0.393 e. The molecule has 3 heteroatoms. The lowest BCUT2D eigenvalue weighted by Gasteiger charge is -2.36. The number of benzene rings is 1. The first-order chi connectivity index (χ1) is 8.72. The molecule has 0 bridgehead atoms. The molecule has 0 aliphatic carbocycles. The third kappa shape index (κ3) is 3.03. The van der Waals surface area contributed by atoms with E-state index in [9.17, 15) is 5.11 Å². The van der Waals surface area contributed by atoms with Crippen LogP contribution in [0.4, 0.5) is 5.69 Å². The molecule has 0 saturated carbocycles. The van der Waals surface area contributed by atoms with E-state index in [1.54, 1.807) is 0 Å². The van der Waals surface area contributed by atoms with E-state index in [0.717, 1.165) is 32.5 Å². The third-order valence-electron chi connectivity index (χ3n) is 3.61. The minimum atomic E-state index is -0.219. The average molecular weight is 248 g/mol. The Hall–Kier alpha value is -1.06. The summed E-state index contributed by atoms with van der Waals surface area (Å²) in [6.07, 6.45) is 1.76. The summed E-state index contributed by atoms with van der Waals surface area (Å²) in [5.74, 6) is 0. The number of anilines is 1. The van der Waals surface area contributed by atoms with Crippen LogP contribution in [0.2, 0.25) is 0 Å². The third-order valence-corrected chi connectivity index (χ3v) is 3.61. The van der Waals surface area contributed by atoms with E-state index in [4.69, 9.17) is 0 Å². The molecule has 0 spiro atoms. The molecule has 100 valence electrons. The molecule has 0 aromatic heterocycles. The van der Waals surface area contributed by atoms with Crippen molar-refractivity contribution in [1.29, 1.82) is 0 Å². The van der Waals surface area contributed by atoms with Crippen molar-refractivity contribution in [2.24, 2.45) is 0 Å². The smallest absolute Gasteiger partial charge is 0.0528 e. The van der Waals surface area contributed by atoms with Gasteiger partial charge in [-0.1, -0.05) is 25.1 Å². The van der Waals surface area contributed by atoms with Gasteiger partial charge in [0, 0.05) is 24.8 Å². The lowest BCUT2D eigenvalue weighted by molar-refractivity contribution is 0.186. The predicted molar refractivity (Wildman–Crippen MR) is 76.0 cm³/mol. The zero-order valence-corrected chi connectivity index (χ0v) is 11.4. The van der Waals surface area contributed by atoms with Gasteiger partial charge >= 0.3 is 0 Å². The van der Waals surface area contributed by atoms with Crippen molar-refractivity contribution in [2.75, 3.05) is 24.5 Å².